The number of carbonyl (C=O) groups excluding carboxylic acids is 1. The predicted molar refractivity (Wildman–Crippen MR) is 80.4 cm³/mol. The Labute approximate surface area is 133 Å². The molecule has 1 aromatic carbocycles. The van der Waals surface area contributed by atoms with Gasteiger partial charge in [0.25, 0.3) is 5.91 Å². The maximum atomic E-state index is 13.3. The monoisotopic (exact) mass is 327 g/mol. The van der Waals surface area contributed by atoms with Crippen molar-refractivity contribution in [1.82, 2.24) is 4.90 Å². The topological polar surface area (TPSA) is 49.8 Å². The zero-order valence-electron chi connectivity index (χ0n) is 12.2. The van der Waals surface area contributed by atoms with Gasteiger partial charge in [-0.2, -0.15) is 0 Å². The minimum Gasteiger partial charge on any atom is -0.393 e. The summed E-state index contributed by atoms with van der Waals surface area (Å²) in [7, 11) is 0. The van der Waals surface area contributed by atoms with E-state index >= 15 is 0 Å². The number of ether oxygens (including phenoxy) is 1. The Balaban J connectivity index is 1.79. The summed E-state index contributed by atoms with van der Waals surface area (Å²) in [6.45, 7) is 1.67. The number of rotatable bonds is 2. The van der Waals surface area contributed by atoms with Crippen LogP contribution in [0.25, 0.3) is 0 Å². The van der Waals surface area contributed by atoms with Crippen molar-refractivity contribution in [3.8, 4) is 0 Å². The van der Waals surface area contributed by atoms with Crippen LogP contribution in [0.2, 0.25) is 5.02 Å². The largest absolute Gasteiger partial charge is 0.393 e. The van der Waals surface area contributed by atoms with Gasteiger partial charge >= 0.3 is 0 Å². The predicted octanol–water partition coefficient (Wildman–Crippen LogP) is 2.48. The van der Waals surface area contributed by atoms with Crippen LogP contribution in [0, 0.1) is 11.7 Å². The first-order valence-corrected chi connectivity index (χ1v) is 7.97. The summed E-state index contributed by atoms with van der Waals surface area (Å²) in [5.41, 5.74) is 0.379. The van der Waals surface area contributed by atoms with Crippen molar-refractivity contribution >= 4 is 17.5 Å². The lowest BCUT2D eigenvalue weighted by Gasteiger charge is -2.37. The molecule has 120 valence electrons. The molecule has 0 saturated carbocycles. The Bertz CT molecular complexity index is 568. The number of benzene rings is 1. The number of hydrogen-bond acceptors (Lipinski definition) is 3. The fourth-order valence-electron chi connectivity index (χ4n) is 3.40. The van der Waals surface area contributed by atoms with Crippen LogP contribution in [0.15, 0.2) is 18.2 Å². The fourth-order valence-corrected chi connectivity index (χ4v) is 3.58. The van der Waals surface area contributed by atoms with Crippen molar-refractivity contribution in [2.24, 2.45) is 5.92 Å². The highest BCUT2D eigenvalue weighted by Crippen LogP contribution is 2.31. The SMILES string of the molecule is O=C(c1ccc(F)c(Cl)c1)N1CCC[C@@H]1[C@@H]1COCC[C@@H]1O. The van der Waals surface area contributed by atoms with Gasteiger partial charge in [-0.15, -0.1) is 0 Å². The molecular weight excluding hydrogens is 309 g/mol. The minimum absolute atomic E-state index is 0.0355. The molecule has 3 rings (SSSR count). The maximum Gasteiger partial charge on any atom is 0.254 e. The Morgan fingerprint density at radius 3 is 2.95 bits per heavy atom. The highest BCUT2D eigenvalue weighted by molar-refractivity contribution is 6.31. The molecule has 0 aromatic heterocycles. The molecule has 0 unspecified atom stereocenters. The van der Waals surface area contributed by atoms with Crippen molar-refractivity contribution in [2.45, 2.75) is 31.4 Å². The molecule has 4 nitrogen and oxygen atoms in total. The van der Waals surface area contributed by atoms with Crippen LogP contribution in [-0.4, -0.2) is 47.8 Å². The van der Waals surface area contributed by atoms with Crippen molar-refractivity contribution in [1.29, 1.82) is 0 Å². The van der Waals surface area contributed by atoms with E-state index in [9.17, 15) is 14.3 Å². The van der Waals surface area contributed by atoms with E-state index in [0.717, 1.165) is 12.8 Å². The number of nitrogens with zero attached hydrogens (tertiary/aromatic N) is 1. The van der Waals surface area contributed by atoms with E-state index < -0.39 is 11.9 Å². The van der Waals surface area contributed by atoms with Gasteiger partial charge in [-0.3, -0.25) is 4.79 Å². The lowest BCUT2D eigenvalue weighted by atomic mass is 9.89. The molecule has 1 amide bonds. The van der Waals surface area contributed by atoms with E-state index in [1.165, 1.54) is 18.2 Å². The number of likely N-dealkylation sites (tertiary alicyclic amines) is 1. The average molecular weight is 328 g/mol. The molecule has 2 saturated heterocycles. The zero-order valence-corrected chi connectivity index (χ0v) is 12.9. The molecule has 2 heterocycles. The second-order valence-corrected chi connectivity index (χ2v) is 6.34. The van der Waals surface area contributed by atoms with E-state index in [4.69, 9.17) is 16.3 Å². The van der Waals surface area contributed by atoms with Crippen LogP contribution >= 0.6 is 11.6 Å². The highest BCUT2D eigenvalue weighted by atomic mass is 35.5. The normalized spacial score (nSPS) is 28.9. The third-order valence-electron chi connectivity index (χ3n) is 4.58. The number of halogens is 2. The first kappa shape index (κ1) is 15.7. The Hall–Kier alpha value is -1.17. The van der Waals surface area contributed by atoms with Gasteiger partial charge < -0.3 is 14.7 Å². The van der Waals surface area contributed by atoms with Gasteiger partial charge in [-0.1, -0.05) is 11.6 Å². The molecule has 0 radical (unpaired) electrons. The summed E-state index contributed by atoms with van der Waals surface area (Å²) in [5.74, 6) is -0.759. The third-order valence-corrected chi connectivity index (χ3v) is 4.87. The molecule has 1 N–H and O–H groups in total. The van der Waals surface area contributed by atoms with Gasteiger partial charge in [-0.25, -0.2) is 4.39 Å². The highest BCUT2D eigenvalue weighted by Gasteiger charge is 2.39. The average Bonchev–Trinajstić information content (AvgIpc) is 2.99. The Morgan fingerprint density at radius 1 is 1.41 bits per heavy atom. The number of carbonyl (C=O) groups is 1. The van der Waals surface area contributed by atoms with E-state index in [1.54, 1.807) is 4.90 Å². The third kappa shape index (κ3) is 2.98. The molecule has 0 aliphatic carbocycles. The van der Waals surface area contributed by atoms with Crippen LogP contribution in [0.4, 0.5) is 4.39 Å². The second-order valence-electron chi connectivity index (χ2n) is 5.93. The first-order chi connectivity index (χ1) is 10.6. The van der Waals surface area contributed by atoms with Crippen molar-refractivity contribution in [3.05, 3.63) is 34.6 Å². The molecule has 2 aliphatic heterocycles. The van der Waals surface area contributed by atoms with Gasteiger partial charge in [0.05, 0.1) is 17.7 Å². The van der Waals surface area contributed by atoms with Crippen LogP contribution in [0.1, 0.15) is 29.6 Å². The molecule has 22 heavy (non-hydrogen) atoms. The molecule has 1 aromatic rings. The Morgan fingerprint density at radius 2 is 2.23 bits per heavy atom. The summed E-state index contributed by atoms with van der Waals surface area (Å²) >= 11 is 5.77. The Kier molecular flexibility index (Phi) is 4.66. The smallest absolute Gasteiger partial charge is 0.254 e. The van der Waals surface area contributed by atoms with Gasteiger partial charge in [0.15, 0.2) is 0 Å². The summed E-state index contributed by atoms with van der Waals surface area (Å²) in [6, 6.07) is 3.99. The molecule has 0 bridgehead atoms. The molecule has 2 fully saturated rings. The quantitative estimate of drug-likeness (QED) is 0.908. The lowest BCUT2D eigenvalue weighted by molar-refractivity contribution is -0.0589. The van der Waals surface area contributed by atoms with Crippen molar-refractivity contribution in [3.63, 3.8) is 0 Å². The van der Waals surface area contributed by atoms with Crippen LogP contribution < -0.4 is 0 Å². The summed E-state index contributed by atoms with van der Waals surface area (Å²) < 4.78 is 18.7. The standard InChI is InChI=1S/C16H19ClFNO3/c17-12-8-10(3-4-13(12)18)16(21)19-6-1-2-14(19)11-9-22-7-5-15(11)20/h3-4,8,11,14-15,20H,1-2,5-7,9H2/t11-,14+,15-/m0/s1. The van der Waals surface area contributed by atoms with Crippen LogP contribution in [0.5, 0.6) is 0 Å². The molecule has 0 spiro atoms. The van der Waals surface area contributed by atoms with Crippen molar-refractivity contribution < 1.29 is 19.0 Å². The van der Waals surface area contributed by atoms with E-state index in [2.05, 4.69) is 0 Å². The van der Waals surface area contributed by atoms with Crippen LogP contribution in [0.3, 0.4) is 0 Å². The molecule has 3 atom stereocenters. The molecule has 6 heteroatoms. The first-order valence-electron chi connectivity index (χ1n) is 7.60. The van der Waals surface area contributed by atoms with E-state index in [0.29, 0.717) is 31.7 Å². The molecular formula is C16H19ClFNO3. The van der Waals surface area contributed by atoms with Gasteiger partial charge in [-0.05, 0) is 37.5 Å². The molecule has 2 aliphatic rings. The van der Waals surface area contributed by atoms with E-state index in [1.807, 2.05) is 0 Å². The van der Waals surface area contributed by atoms with E-state index in [-0.39, 0.29) is 22.9 Å². The lowest BCUT2D eigenvalue weighted by Crippen LogP contribution is -2.48. The van der Waals surface area contributed by atoms with Gasteiger partial charge in [0, 0.05) is 30.7 Å². The number of hydrogen-bond donors (Lipinski definition) is 1. The van der Waals surface area contributed by atoms with Crippen molar-refractivity contribution in [2.75, 3.05) is 19.8 Å². The van der Waals surface area contributed by atoms with Crippen LogP contribution in [-0.2, 0) is 4.74 Å². The minimum atomic E-state index is -0.535. The summed E-state index contributed by atoms with van der Waals surface area (Å²) in [4.78, 5) is 14.5. The number of amides is 1. The van der Waals surface area contributed by atoms with Gasteiger partial charge in [0.1, 0.15) is 5.82 Å². The summed E-state index contributed by atoms with van der Waals surface area (Å²) in [5, 5.41) is 10.1. The number of aliphatic hydroxyl groups excluding tert-OH is 1. The zero-order chi connectivity index (χ0) is 15.7. The maximum absolute atomic E-state index is 13.3. The van der Waals surface area contributed by atoms with Gasteiger partial charge in [0.2, 0.25) is 0 Å². The summed E-state index contributed by atoms with van der Waals surface area (Å²) in [6.07, 6.45) is 1.91. The number of aliphatic hydroxyl groups is 1. The second kappa shape index (κ2) is 6.52. The fraction of sp³-hybridized carbons (Fsp3) is 0.562.